The van der Waals surface area contributed by atoms with Gasteiger partial charge >= 0.3 is 5.97 Å². The smallest absolute Gasteiger partial charge is 0.333 e. The monoisotopic (exact) mass is 462 g/mol. The Bertz CT molecular complexity index is 1120. The molecule has 3 aromatic carbocycles. The van der Waals surface area contributed by atoms with Crippen LogP contribution in [0.2, 0.25) is 0 Å². The van der Waals surface area contributed by atoms with E-state index in [1.165, 1.54) is 12.1 Å². The minimum Gasteiger partial charge on any atom is -0.494 e. The van der Waals surface area contributed by atoms with Crippen LogP contribution in [0.15, 0.2) is 66.7 Å². The van der Waals surface area contributed by atoms with Crippen LogP contribution in [0.5, 0.6) is 11.5 Å². The molecule has 0 saturated carbocycles. The van der Waals surface area contributed by atoms with Crippen molar-refractivity contribution in [2.45, 2.75) is 26.3 Å². The van der Waals surface area contributed by atoms with Gasteiger partial charge < -0.3 is 19.5 Å². The molecule has 6 nitrogen and oxygen atoms in total. The number of rotatable bonds is 11. The molecule has 0 amide bonds. The molecule has 1 atom stereocenters. The molecule has 176 valence electrons. The van der Waals surface area contributed by atoms with Crippen molar-refractivity contribution < 1.29 is 23.4 Å². The summed E-state index contributed by atoms with van der Waals surface area (Å²) in [6.45, 7) is 4.67. The molecule has 0 aromatic heterocycles. The van der Waals surface area contributed by atoms with Gasteiger partial charge in [0.05, 0.1) is 31.5 Å². The summed E-state index contributed by atoms with van der Waals surface area (Å²) in [6.07, 6.45) is 0.597. The van der Waals surface area contributed by atoms with Crippen LogP contribution in [0.4, 0.5) is 10.1 Å². The lowest BCUT2D eigenvalue weighted by Crippen LogP contribution is -2.23. The largest absolute Gasteiger partial charge is 0.494 e. The van der Waals surface area contributed by atoms with Gasteiger partial charge in [-0.3, -0.25) is 0 Å². The number of carbonyl (C=O) groups is 1. The van der Waals surface area contributed by atoms with Crippen LogP contribution in [0.25, 0.3) is 0 Å². The molecule has 0 aliphatic heterocycles. The lowest BCUT2D eigenvalue weighted by molar-refractivity contribution is -0.144. The van der Waals surface area contributed by atoms with Crippen molar-refractivity contribution in [1.29, 1.82) is 5.26 Å². The molecule has 0 spiro atoms. The molecule has 0 fully saturated rings. The molecule has 7 heteroatoms. The Morgan fingerprint density at radius 2 is 1.65 bits per heavy atom. The first kappa shape index (κ1) is 24.6. The molecule has 1 N–H and O–H groups in total. The van der Waals surface area contributed by atoms with Crippen molar-refractivity contribution in [3.8, 4) is 17.6 Å². The van der Waals surface area contributed by atoms with Crippen LogP contribution in [0.1, 0.15) is 36.6 Å². The minimum absolute atomic E-state index is 0.233. The zero-order valence-electron chi connectivity index (χ0n) is 19.2. The Morgan fingerprint density at radius 3 is 2.26 bits per heavy atom. The summed E-state index contributed by atoms with van der Waals surface area (Å²) in [6, 6.07) is 19.7. The van der Waals surface area contributed by atoms with Crippen LogP contribution in [0.3, 0.4) is 0 Å². The molecule has 3 aromatic rings. The van der Waals surface area contributed by atoms with Crippen LogP contribution in [-0.2, 0) is 16.0 Å². The highest BCUT2D eigenvalue weighted by molar-refractivity contribution is 5.81. The quantitative estimate of drug-likeness (QED) is 0.383. The molecular formula is C27H27FN2O4. The van der Waals surface area contributed by atoms with Gasteiger partial charge in [0.2, 0.25) is 0 Å². The number of benzene rings is 3. The van der Waals surface area contributed by atoms with E-state index in [0.29, 0.717) is 47.9 Å². The Kier molecular flexibility index (Phi) is 8.87. The first-order valence-electron chi connectivity index (χ1n) is 11.1. The molecule has 1 unspecified atom stereocenters. The number of halogens is 1. The van der Waals surface area contributed by atoms with E-state index in [1.54, 1.807) is 61.5 Å². The summed E-state index contributed by atoms with van der Waals surface area (Å²) in [7, 11) is 0. The summed E-state index contributed by atoms with van der Waals surface area (Å²) >= 11 is 0. The van der Waals surface area contributed by atoms with E-state index in [4.69, 9.17) is 19.5 Å². The van der Waals surface area contributed by atoms with Crippen LogP contribution < -0.4 is 14.8 Å². The van der Waals surface area contributed by atoms with Crippen molar-refractivity contribution in [2.75, 3.05) is 25.1 Å². The van der Waals surface area contributed by atoms with Crippen LogP contribution in [0, 0.1) is 17.1 Å². The summed E-state index contributed by atoms with van der Waals surface area (Å²) in [5, 5.41) is 12.2. The first-order chi connectivity index (χ1) is 16.5. The third-order valence-corrected chi connectivity index (χ3v) is 4.97. The van der Waals surface area contributed by atoms with Crippen molar-refractivity contribution in [1.82, 2.24) is 0 Å². The van der Waals surface area contributed by atoms with Gasteiger partial charge in [-0.2, -0.15) is 5.26 Å². The van der Waals surface area contributed by atoms with Gasteiger partial charge in [-0.1, -0.05) is 12.1 Å². The summed E-state index contributed by atoms with van der Waals surface area (Å²) in [5.41, 5.74) is 2.76. The van der Waals surface area contributed by atoms with Gasteiger partial charge in [0.15, 0.2) is 6.04 Å². The van der Waals surface area contributed by atoms with E-state index < -0.39 is 12.0 Å². The number of hydrogen-bond donors (Lipinski definition) is 1. The van der Waals surface area contributed by atoms with Crippen molar-refractivity contribution in [3.05, 3.63) is 89.2 Å². The van der Waals surface area contributed by atoms with Gasteiger partial charge in [0.25, 0.3) is 0 Å². The fourth-order valence-electron chi connectivity index (χ4n) is 3.34. The van der Waals surface area contributed by atoms with Crippen molar-refractivity contribution in [2.24, 2.45) is 0 Å². The van der Waals surface area contributed by atoms with E-state index >= 15 is 0 Å². The number of esters is 1. The van der Waals surface area contributed by atoms with Gasteiger partial charge in [0, 0.05) is 18.2 Å². The molecule has 34 heavy (non-hydrogen) atoms. The maximum Gasteiger partial charge on any atom is 0.333 e. The fourth-order valence-corrected chi connectivity index (χ4v) is 3.34. The molecule has 0 radical (unpaired) electrons. The lowest BCUT2D eigenvalue weighted by Gasteiger charge is -2.21. The normalized spacial score (nSPS) is 11.2. The summed E-state index contributed by atoms with van der Waals surface area (Å²) in [5.74, 6) is 0.378. The highest BCUT2D eigenvalue weighted by Crippen LogP contribution is 2.30. The highest BCUT2D eigenvalue weighted by Gasteiger charge is 2.24. The molecule has 0 aliphatic rings. The SMILES string of the molecule is CCOC(=O)C(Nc1ccc(C#N)cc1)c1cc(OCC)cc(OCCc2ccc(F)cc2)c1. The molecule has 0 bridgehead atoms. The Labute approximate surface area is 198 Å². The first-order valence-corrected chi connectivity index (χ1v) is 11.1. The highest BCUT2D eigenvalue weighted by atomic mass is 19.1. The van der Waals surface area contributed by atoms with Crippen LogP contribution >= 0.6 is 0 Å². The number of anilines is 1. The van der Waals surface area contributed by atoms with E-state index in [1.807, 2.05) is 6.92 Å². The Hall–Kier alpha value is -4.05. The van der Waals surface area contributed by atoms with E-state index in [9.17, 15) is 9.18 Å². The molecule has 0 aliphatic carbocycles. The topological polar surface area (TPSA) is 80.6 Å². The molecule has 0 heterocycles. The van der Waals surface area contributed by atoms with Gasteiger partial charge in [-0.15, -0.1) is 0 Å². The fraction of sp³-hybridized carbons (Fsp3) is 0.259. The Balaban J connectivity index is 1.83. The number of ether oxygens (including phenoxy) is 3. The predicted molar refractivity (Wildman–Crippen MR) is 127 cm³/mol. The zero-order chi connectivity index (χ0) is 24.3. The van der Waals surface area contributed by atoms with Crippen LogP contribution in [-0.4, -0.2) is 25.8 Å². The third kappa shape index (κ3) is 6.97. The molecule has 3 rings (SSSR count). The summed E-state index contributed by atoms with van der Waals surface area (Å²) < 4.78 is 30.1. The average molecular weight is 463 g/mol. The standard InChI is InChI=1S/C27H27FN2O4/c1-3-32-24-15-21(16-25(17-24)34-14-13-19-5-9-22(28)10-6-19)26(27(31)33-4-2)30-23-11-7-20(18-29)8-12-23/h5-12,15-17,26,30H,3-4,13-14H2,1-2H3. The van der Waals surface area contributed by atoms with E-state index in [2.05, 4.69) is 11.4 Å². The number of nitrogens with one attached hydrogen (secondary N) is 1. The summed E-state index contributed by atoms with van der Waals surface area (Å²) in [4.78, 5) is 12.8. The number of nitriles is 1. The number of hydrogen-bond acceptors (Lipinski definition) is 6. The van der Waals surface area contributed by atoms with Gasteiger partial charge in [-0.25, -0.2) is 9.18 Å². The molecule has 0 saturated heterocycles. The second kappa shape index (κ2) is 12.3. The zero-order valence-corrected chi connectivity index (χ0v) is 19.2. The predicted octanol–water partition coefficient (Wildman–Crippen LogP) is 5.43. The maximum atomic E-state index is 13.1. The van der Waals surface area contributed by atoms with E-state index in [0.717, 1.165) is 5.56 Å². The third-order valence-electron chi connectivity index (χ3n) is 4.97. The molecular weight excluding hydrogens is 435 g/mol. The maximum absolute atomic E-state index is 13.1. The lowest BCUT2D eigenvalue weighted by atomic mass is 10.0. The van der Waals surface area contributed by atoms with E-state index in [-0.39, 0.29) is 12.4 Å². The second-order valence-corrected chi connectivity index (χ2v) is 7.41. The number of nitrogens with zero attached hydrogens (tertiary/aromatic N) is 1. The van der Waals surface area contributed by atoms with Crippen molar-refractivity contribution >= 4 is 11.7 Å². The van der Waals surface area contributed by atoms with Crippen molar-refractivity contribution in [3.63, 3.8) is 0 Å². The van der Waals surface area contributed by atoms with Gasteiger partial charge in [-0.05, 0) is 73.5 Å². The minimum atomic E-state index is -0.812. The van der Waals surface area contributed by atoms with Gasteiger partial charge in [0.1, 0.15) is 17.3 Å². The Morgan fingerprint density at radius 1 is 0.971 bits per heavy atom. The number of carbonyl (C=O) groups excluding carboxylic acids is 1. The second-order valence-electron chi connectivity index (χ2n) is 7.41. The average Bonchev–Trinajstić information content (AvgIpc) is 2.84.